The van der Waals surface area contributed by atoms with E-state index in [-0.39, 0.29) is 24.6 Å². The van der Waals surface area contributed by atoms with Gasteiger partial charge in [0.15, 0.2) is 0 Å². The van der Waals surface area contributed by atoms with Gasteiger partial charge in [-0.15, -0.1) is 0 Å². The molecule has 0 heterocycles. The number of carboxylic acids is 1. The number of halogens is 1. The van der Waals surface area contributed by atoms with Gasteiger partial charge >= 0.3 is 5.97 Å². The number of benzene rings is 1. The molecule has 0 amide bonds. The zero-order chi connectivity index (χ0) is 9.14. The van der Waals surface area contributed by atoms with Crippen LogP contribution in [-0.2, 0) is 0 Å². The average molecular weight is 177 g/mol. The molecule has 1 aromatic carbocycles. The van der Waals surface area contributed by atoms with Crippen LogP contribution in [0.3, 0.4) is 0 Å². The van der Waals surface area contributed by atoms with Crippen molar-refractivity contribution in [3.63, 3.8) is 0 Å². The molecule has 5 heteroatoms. The third-order valence-electron chi connectivity index (χ3n) is 1.41. The van der Waals surface area contributed by atoms with Gasteiger partial charge in [-0.1, -0.05) is 6.07 Å². The van der Waals surface area contributed by atoms with Gasteiger partial charge in [0.25, 0.3) is 0 Å². The largest absolute Gasteiger partial charge is 0.496 e. The second-order valence-corrected chi connectivity index (χ2v) is 2.12. The van der Waals surface area contributed by atoms with Crippen molar-refractivity contribution in [2.75, 3.05) is 7.11 Å². The van der Waals surface area contributed by atoms with Gasteiger partial charge in [0.05, 0.1) is 7.11 Å². The third-order valence-corrected chi connectivity index (χ3v) is 1.41. The summed E-state index contributed by atoms with van der Waals surface area (Å²) in [5.41, 5.74) is -0.431. The van der Waals surface area contributed by atoms with E-state index in [4.69, 9.17) is 5.11 Å². The predicted octanol–water partition coefficient (Wildman–Crippen LogP) is 1.15. The van der Waals surface area contributed by atoms with Crippen LogP contribution in [0.4, 0.5) is 4.39 Å². The molecule has 0 spiro atoms. The van der Waals surface area contributed by atoms with Gasteiger partial charge in [0.1, 0.15) is 17.1 Å². The summed E-state index contributed by atoms with van der Waals surface area (Å²) in [6.07, 6.45) is 0. The average Bonchev–Trinajstić information content (AvgIpc) is 2.03. The molecule has 0 aliphatic heterocycles. The maximum absolute atomic E-state index is 12.8. The molecular weight excluding hydrogens is 170 g/mol. The molecule has 0 aliphatic carbocycles. The molecular formula is C8H7FLiO3. The fraction of sp³-hybridized carbons (Fsp3) is 0.125. The Bertz CT molecular complexity index is 314. The summed E-state index contributed by atoms with van der Waals surface area (Å²) in [6.45, 7) is 0. The number of aromatic carboxylic acids is 1. The summed E-state index contributed by atoms with van der Waals surface area (Å²) in [5.74, 6) is -2.09. The summed E-state index contributed by atoms with van der Waals surface area (Å²) >= 11 is 0. The van der Waals surface area contributed by atoms with Crippen molar-refractivity contribution < 1.29 is 19.0 Å². The summed E-state index contributed by atoms with van der Waals surface area (Å²) in [7, 11) is 1.29. The minimum absolute atomic E-state index is 0. The molecule has 0 atom stereocenters. The minimum atomic E-state index is -1.33. The maximum atomic E-state index is 12.8. The summed E-state index contributed by atoms with van der Waals surface area (Å²) in [5, 5.41) is 8.56. The summed E-state index contributed by atoms with van der Waals surface area (Å²) in [4.78, 5) is 10.5. The number of methoxy groups -OCH3 is 1. The Hall–Kier alpha value is -0.983. The van der Waals surface area contributed by atoms with Crippen LogP contribution in [-0.4, -0.2) is 37.0 Å². The maximum Gasteiger partial charge on any atom is 0.342 e. The van der Waals surface area contributed by atoms with Gasteiger partial charge in [0, 0.05) is 18.9 Å². The first-order chi connectivity index (χ1) is 5.66. The third kappa shape index (κ3) is 2.48. The molecule has 0 aromatic heterocycles. The molecule has 0 saturated carbocycles. The quantitative estimate of drug-likeness (QED) is 0.689. The first kappa shape index (κ1) is 12.0. The smallest absolute Gasteiger partial charge is 0.342 e. The van der Waals surface area contributed by atoms with Crippen LogP contribution in [0, 0.1) is 5.82 Å². The molecule has 1 radical (unpaired) electrons. The molecule has 0 aliphatic rings. The Morgan fingerprint density at radius 2 is 2.15 bits per heavy atom. The topological polar surface area (TPSA) is 46.5 Å². The van der Waals surface area contributed by atoms with Crippen LogP contribution in [0.2, 0.25) is 0 Å². The Morgan fingerprint density at radius 1 is 1.54 bits per heavy atom. The number of carbonyl (C=O) groups is 1. The van der Waals surface area contributed by atoms with Gasteiger partial charge in [-0.25, -0.2) is 9.18 Å². The van der Waals surface area contributed by atoms with Crippen molar-refractivity contribution >= 4 is 24.8 Å². The molecule has 1 rings (SSSR count). The summed E-state index contributed by atoms with van der Waals surface area (Å²) < 4.78 is 17.5. The number of rotatable bonds is 2. The second kappa shape index (κ2) is 4.90. The monoisotopic (exact) mass is 177 g/mol. The Labute approximate surface area is 86.7 Å². The van der Waals surface area contributed by atoms with E-state index in [0.29, 0.717) is 0 Å². The van der Waals surface area contributed by atoms with Gasteiger partial charge in [-0.3, -0.25) is 0 Å². The zero-order valence-electron chi connectivity index (χ0n) is 7.37. The fourth-order valence-corrected chi connectivity index (χ4v) is 0.882. The van der Waals surface area contributed by atoms with Gasteiger partial charge in [-0.05, 0) is 12.1 Å². The zero-order valence-corrected chi connectivity index (χ0v) is 7.37. The molecule has 0 saturated heterocycles. The number of ether oxygens (including phenoxy) is 1. The molecule has 13 heavy (non-hydrogen) atoms. The number of carboxylic acid groups (broad SMARTS) is 1. The van der Waals surface area contributed by atoms with Gasteiger partial charge < -0.3 is 9.84 Å². The predicted molar refractivity (Wildman–Crippen MR) is 45.7 cm³/mol. The van der Waals surface area contributed by atoms with Crippen LogP contribution < -0.4 is 4.74 Å². The van der Waals surface area contributed by atoms with Crippen molar-refractivity contribution in [2.45, 2.75) is 0 Å². The van der Waals surface area contributed by atoms with Crippen LogP contribution in [0.5, 0.6) is 5.75 Å². The van der Waals surface area contributed by atoms with Crippen molar-refractivity contribution in [3.8, 4) is 5.75 Å². The van der Waals surface area contributed by atoms with Crippen molar-refractivity contribution in [1.29, 1.82) is 0 Å². The van der Waals surface area contributed by atoms with Crippen LogP contribution in [0.25, 0.3) is 0 Å². The Morgan fingerprint density at radius 3 is 2.54 bits per heavy atom. The molecule has 0 bridgehead atoms. The number of hydrogen-bond acceptors (Lipinski definition) is 2. The van der Waals surface area contributed by atoms with Crippen LogP contribution in [0.1, 0.15) is 10.4 Å². The molecule has 0 unspecified atom stereocenters. The normalized spacial score (nSPS) is 8.77. The Balaban J connectivity index is 0.00000144. The van der Waals surface area contributed by atoms with E-state index in [0.717, 1.165) is 6.07 Å². The molecule has 0 fully saturated rings. The summed E-state index contributed by atoms with van der Waals surface area (Å²) in [6, 6.07) is 3.86. The minimum Gasteiger partial charge on any atom is -0.496 e. The van der Waals surface area contributed by atoms with Gasteiger partial charge in [-0.2, -0.15) is 0 Å². The van der Waals surface area contributed by atoms with Gasteiger partial charge in [0.2, 0.25) is 0 Å². The first-order valence-corrected chi connectivity index (χ1v) is 3.22. The van der Waals surface area contributed by atoms with Crippen molar-refractivity contribution in [2.24, 2.45) is 0 Å². The molecule has 65 valence electrons. The van der Waals surface area contributed by atoms with E-state index < -0.39 is 17.3 Å². The fourth-order valence-electron chi connectivity index (χ4n) is 0.882. The van der Waals surface area contributed by atoms with Crippen LogP contribution in [0.15, 0.2) is 18.2 Å². The molecule has 1 aromatic rings. The van der Waals surface area contributed by atoms with Crippen LogP contribution >= 0.6 is 0 Å². The molecule has 1 N–H and O–H groups in total. The molecule has 3 nitrogen and oxygen atoms in total. The SMILES string of the molecule is COc1cccc(F)c1C(=O)O.[Li]. The number of hydrogen-bond donors (Lipinski definition) is 1. The van der Waals surface area contributed by atoms with Crippen molar-refractivity contribution in [1.82, 2.24) is 0 Å². The standard InChI is InChI=1S/C8H7FO3.Li/c1-12-6-4-2-3-5(9)7(6)8(10)11;/h2-4H,1H3,(H,10,11);. The van der Waals surface area contributed by atoms with E-state index in [1.165, 1.54) is 19.2 Å². The van der Waals surface area contributed by atoms with E-state index in [1.54, 1.807) is 0 Å². The van der Waals surface area contributed by atoms with E-state index >= 15 is 0 Å². The second-order valence-electron chi connectivity index (χ2n) is 2.12. The van der Waals surface area contributed by atoms with E-state index in [2.05, 4.69) is 4.74 Å². The van der Waals surface area contributed by atoms with E-state index in [1.807, 2.05) is 0 Å². The van der Waals surface area contributed by atoms with E-state index in [9.17, 15) is 9.18 Å². The Kier molecular flexibility index (Phi) is 4.53. The first-order valence-electron chi connectivity index (χ1n) is 3.22. The van der Waals surface area contributed by atoms with Crippen molar-refractivity contribution in [3.05, 3.63) is 29.6 Å².